The van der Waals surface area contributed by atoms with Crippen molar-refractivity contribution in [1.82, 2.24) is 10.6 Å². The standard InChI is InChI=1S/C27H30F2N2O2S/c1-18(21-6-4-3-5-7-21)30-17-26(32)25(14-20-12-22(28)16-23(29)13-20)31-27(33)15-19-8-10-24(34-2)11-9-19/h3-13,16,18,25-26,30,32H,14-15,17H2,1-2H3,(H,31,33)/t18?,25-,26+/m0/s1. The number of benzene rings is 3. The molecule has 3 atom stereocenters. The number of carbonyl (C=O) groups excluding carboxylic acids is 1. The number of nitrogens with one attached hydrogen (secondary N) is 2. The highest BCUT2D eigenvalue weighted by atomic mass is 32.2. The van der Waals surface area contributed by atoms with E-state index in [9.17, 15) is 18.7 Å². The number of rotatable bonds is 11. The van der Waals surface area contributed by atoms with Crippen LogP contribution in [-0.4, -0.2) is 36.0 Å². The molecule has 0 aliphatic rings. The van der Waals surface area contributed by atoms with Crippen molar-refractivity contribution in [3.8, 4) is 0 Å². The molecule has 0 bridgehead atoms. The number of thioether (sulfide) groups is 1. The lowest BCUT2D eigenvalue weighted by Gasteiger charge is -2.26. The first kappa shape index (κ1) is 25.9. The summed E-state index contributed by atoms with van der Waals surface area (Å²) in [5.41, 5.74) is 2.27. The average molecular weight is 485 g/mol. The highest BCUT2D eigenvalue weighted by Gasteiger charge is 2.23. The number of hydrogen-bond donors (Lipinski definition) is 3. The predicted molar refractivity (Wildman–Crippen MR) is 133 cm³/mol. The van der Waals surface area contributed by atoms with Crippen LogP contribution in [0.4, 0.5) is 8.78 Å². The molecule has 0 heterocycles. The summed E-state index contributed by atoms with van der Waals surface area (Å²) in [6, 6.07) is 20.0. The van der Waals surface area contributed by atoms with Crippen LogP contribution in [0, 0.1) is 11.6 Å². The molecular weight excluding hydrogens is 454 g/mol. The van der Waals surface area contributed by atoms with Gasteiger partial charge in [0.05, 0.1) is 18.6 Å². The van der Waals surface area contributed by atoms with Crippen molar-refractivity contribution in [2.24, 2.45) is 0 Å². The summed E-state index contributed by atoms with van der Waals surface area (Å²) in [7, 11) is 0. The van der Waals surface area contributed by atoms with Gasteiger partial charge in [0.1, 0.15) is 11.6 Å². The zero-order chi connectivity index (χ0) is 24.5. The zero-order valence-corrected chi connectivity index (χ0v) is 20.1. The Bertz CT molecular complexity index is 1040. The number of aliphatic hydroxyl groups excluding tert-OH is 1. The lowest BCUT2D eigenvalue weighted by molar-refractivity contribution is -0.122. The molecule has 3 aromatic carbocycles. The normalized spacial score (nSPS) is 13.8. The molecule has 0 spiro atoms. The van der Waals surface area contributed by atoms with Crippen molar-refractivity contribution in [3.05, 3.63) is 101 Å². The van der Waals surface area contributed by atoms with E-state index in [1.54, 1.807) is 11.8 Å². The van der Waals surface area contributed by atoms with E-state index in [2.05, 4.69) is 10.6 Å². The van der Waals surface area contributed by atoms with E-state index in [0.29, 0.717) is 5.56 Å². The van der Waals surface area contributed by atoms with Crippen LogP contribution in [-0.2, 0) is 17.6 Å². The molecule has 0 saturated heterocycles. The van der Waals surface area contributed by atoms with Crippen molar-refractivity contribution >= 4 is 17.7 Å². The SMILES string of the molecule is CSc1ccc(CC(=O)N[C@@H](Cc2cc(F)cc(F)c2)[C@H](O)CNC(C)c2ccccc2)cc1. The predicted octanol–water partition coefficient (Wildman–Crippen LogP) is 4.67. The minimum Gasteiger partial charge on any atom is -0.390 e. The van der Waals surface area contributed by atoms with Crippen molar-refractivity contribution in [2.45, 2.75) is 42.8 Å². The van der Waals surface area contributed by atoms with Crippen LogP contribution >= 0.6 is 11.8 Å². The van der Waals surface area contributed by atoms with Gasteiger partial charge < -0.3 is 15.7 Å². The van der Waals surface area contributed by atoms with Gasteiger partial charge in [0.15, 0.2) is 0 Å². The molecule has 0 aromatic heterocycles. The largest absolute Gasteiger partial charge is 0.390 e. The van der Waals surface area contributed by atoms with Gasteiger partial charge in [-0.25, -0.2) is 8.78 Å². The molecule has 0 saturated carbocycles. The van der Waals surface area contributed by atoms with Gasteiger partial charge in [0, 0.05) is 23.5 Å². The molecule has 34 heavy (non-hydrogen) atoms. The molecule has 0 fully saturated rings. The summed E-state index contributed by atoms with van der Waals surface area (Å²) in [6.07, 6.45) is 1.24. The van der Waals surface area contributed by atoms with E-state index in [4.69, 9.17) is 0 Å². The molecule has 7 heteroatoms. The number of halogens is 2. The van der Waals surface area contributed by atoms with Crippen molar-refractivity contribution in [3.63, 3.8) is 0 Å². The van der Waals surface area contributed by atoms with Gasteiger partial charge in [-0.05, 0) is 60.6 Å². The van der Waals surface area contributed by atoms with Gasteiger partial charge in [0.25, 0.3) is 0 Å². The maximum Gasteiger partial charge on any atom is 0.224 e. The fourth-order valence-electron chi connectivity index (χ4n) is 3.75. The molecule has 0 aliphatic heterocycles. The molecule has 1 unspecified atom stereocenters. The minimum absolute atomic E-state index is 0.0197. The Kier molecular flexibility index (Phi) is 9.62. The number of amides is 1. The number of hydrogen-bond acceptors (Lipinski definition) is 4. The summed E-state index contributed by atoms with van der Waals surface area (Å²) >= 11 is 1.62. The van der Waals surface area contributed by atoms with Gasteiger partial charge in [-0.1, -0.05) is 42.5 Å². The Morgan fingerprint density at radius 3 is 2.24 bits per heavy atom. The van der Waals surface area contributed by atoms with Gasteiger partial charge in [-0.2, -0.15) is 0 Å². The second kappa shape index (κ2) is 12.6. The quantitative estimate of drug-likeness (QED) is 0.346. The smallest absolute Gasteiger partial charge is 0.224 e. The number of carbonyl (C=O) groups is 1. The molecule has 3 rings (SSSR count). The van der Waals surface area contributed by atoms with Crippen molar-refractivity contribution in [1.29, 1.82) is 0 Å². The van der Waals surface area contributed by atoms with E-state index < -0.39 is 23.8 Å². The van der Waals surface area contributed by atoms with Crippen LogP contribution in [0.15, 0.2) is 77.7 Å². The van der Waals surface area contributed by atoms with Crippen LogP contribution in [0.25, 0.3) is 0 Å². The third-order valence-corrected chi connectivity index (χ3v) is 6.39. The van der Waals surface area contributed by atoms with E-state index in [0.717, 1.165) is 22.1 Å². The first-order valence-corrected chi connectivity index (χ1v) is 12.4. The van der Waals surface area contributed by atoms with Gasteiger partial charge >= 0.3 is 0 Å². The van der Waals surface area contributed by atoms with E-state index in [1.165, 1.54) is 12.1 Å². The molecular formula is C27H30F2N2O2S. The zero-order valence-electron chi connectivity index (χ0n) is 19.3. The Morgan fingerprint density at radius 2 is 1.62 bits per heavy atom. The van der Waals surface area contributed by atoms with E-state index >= 15 is 0 Å². The fraction of sp³-hybridized carbons (Fsp3) is 0.296. The monoisotopic (exact) mass is 484 g/mol. The Labute approximate surface area is 203 Å². The molecule has 0 radical (unpaired) electrons. The van der Waals surface area contributed by atoms with Gasteiger partial charge in [0.2, 0.25) is 5.91 Å². The fourth-order valence-corrected chi connectivity index (χ4v) is 4.16. The van der Waals surface area contributed by atoms with Crippen molar-refractivity contribution in [2.75, 3.05) is 12.8 Å². The lowest BCUT2D eigenvalue weighted by atomic mass is 9.99. The summed E-state index contributed by atoms with van der Waals surface area (Å²) < 4.78 is 27.5. The molecule has 1 amide bonds. The molecule has 3 N–H and O–H groups in total. The Morgan fingerprint density at radius 1 is 0.971 bits per heavy atom. The summed E-state index contributed by atoms with van der Waals surface area (Å²) in [5.74, 6) is -1.66. The second-order valence-corrected chi connectivity index (χ2v) is 9.17. The lowest BCUT2D eigenvalue weighted by Crippen LogP contribution is -2.49. The minimum atomic E-state index is -0.972. The summed E-state index contributed by atoms with van der Waals surface area (Å²) in [5, 5.41) is 17.1. The van der Waals surface area contributed by atoms with Crippen LogP contribution in [0.3, 0.4) is 0 Å². The van der Waals surface area contributed by atoms with Crippen LogP contribution in [0.2, 0.25) is 0 Å². The van der Waals surface area contributed by atoms with E-state index in [1.807, 2.05) is 67.8 Å². The van der Waals surface area contributed by atoms with Crippen LogP contribution < -0.4 is 10.6 Å². The topological polar surface area (TPSA) is 61.4 Å². The van der Waals surface area contributed by atoms with Gasteiger partial charge in [-0.3, -0.25) is 4.79 Å². The maximum absolute atomic E-state index is 13.7. The Balaban J connectivity index is 1.68. The van der Waals surface area contributed by atoms with E-state index in [-0.39, 0.29) is 31.3 Å². The third-order valence-electron chi connectivity index (χ3n) is 5.65. The van der Waals surface area contributed by atoms with Crippen LogP contribution in [0.1, 0.15) is 29.7 Å². The maximum atomic E-state index is 13.7. The summed E-state index contributed by atoms with van der Waals surface area (Å²) in [4.78, 5) is 13.9. The molecule has 3 aromatic rings. The first-order valence-electron chi connectivity index (χ1n) is 11.2. The highest BCUT2D eigenvalue weighted by Crippen LogP contribution is 2.16. The average Bonchev–Trinajstić information content (AvgIpc) is 2.82. The first-order chi connectivity index (χ1) is 16.3. The molecule has 4 nitrogen and oxygen atoms in total. The molecule has 180 valence electrons. The number of aliphatic hydroxyl groups is 1. The van der Waals surface area contributed by atoms with Gasteiger partial charge in [-0.15, -0.1) is 11.8 Å². The second-order valence-electron chi connectivity index (χ2n) is 8.29. The van der Waals surface area contributed by atoms with Crippen LogP contribution in [0.5, 0.6) is 0 Å². The third kappa shape index (κ3) is 7.94. The Hall–Kier alpha value is -2.74. The van der Waals surface area contributed by atoms with Crippen molar-refractivity contribution < 1.29 is 18.7 Å². The highest BCUT2D eigenvalue weighted by molar-refractivity contribution is 7.98. The summed E-state index contributed by atoms with van der Waals surface area (Å²) in [6.45, 7) is 2.18. The molecule has 0 aliphatic carbocycles.